The lowest BCUT2D eigenvalue weighted by molar-refractivity contribution is 0.0540. The average Bonchev–Trinajstić information content (AvgIpc) is 3.64. The molecule has 3 aromatic carbocycles. The van der Waals surface area contributed by atoms with Crippen molar-refractivity contribution < 1.29 is 14.6 Å². The molecule has 2 heterocycles. The van der Waals surface area contributed by atoms with Crippen molar-refractivity contribution in [3.05, 3.63) is 95.1 Å². The van der Waals surface area contributed by atoms with E-state index in [0.29, 0.717) is 11.5 Å². The Kier molecular flexibility index (Phi) is 5.96. The summed E-state index contributed by atoms with van der Waals surface area (Å²) in [6.07, 6.45) is 3.94. The third-order valence-electron chi connectivity index (χ3n) is 8.03. The van der Waals surface area contributed by atoms with Gasteiger partial charge >= 0.3 is 0 Å². The lowest BCUT2D eigenvalue weighted by atomic mass is 9.82. The molecule has 2 fully saturated rings. The fraction of sp³-hybridized carbons (Fsp3) is 0.387. The van der Waals surface area contributed by atoms with Crippen LogP contribution in [0, 0.1) is 5.92 Å². The molecule has 5 heteroatoms. The first-order valence-electron chi connectivity index (χ1n) is 13.2. The maximum absolute atomic E-state index is 13.9. The summed E-state index contributed by atoms with van der Waals surface area (Å²) in [4.78, 5) is 18.5. The van der Waals surface area contributed by atoms with Crippen molar-refractivity contribution in [1.29, 1.82) is 0 Å². The first-order chi connectivity index (χ1) is 17.6. The minimum Gasteiger partial charge on any atom is -0.508 e. The highest BCUT2D eigenvalue weighted by molar-refractivity contribution is 5.96. The van der Waals surface area contributed by atoms with Gasteiger partial charge in [-0.05, 0) is 85.3 Å². The Balaban J connectivity index is 1.28. The van der Waals surface area contributed by atoms with Crippen molar-refractivity contribution in [3.63, 3.8) is 0 Å². The number of benzene rings is 3. The number of carbonyl (C=O) groups is 1. The van der Waals surface area contributed by atoms with Gasteiger partial charge in [0, 0.05) is 30.1 Å². The van der Waals surface area contributed by atoms with Crippen molar-refractivity contribution >= 4 is 5.91 Å². The highest BCUT2D eigenvalue weighted by Gasteiger charge is 2.56. The molecule has 2 aliphatic heterocycles. The second-order valence-corrected chi connectivity index (χ2v) is 10.7. The summed E-state index contributed by atoms with van der Waals surface area (Å²) in [5, 5.41) is 10.2. The molecule has 3 aromatic rings. The lowest BCUT2D eigenvalue weighted by Crippen LogP contribution is -2.49. The molecular formula is C31H34N2O3. The fourth-order valence-electron chi connectivity index (χ4n) is 6.05. The Hall–Kier alpha value is -3.31. The predicted molar refractivity (Wildman–Crippen MR) is 140 cm³/mol. The van der Waals surface area contributed by atoms with Crippen LogP contribution in [0.3, 0.4) is 0 Å². The largest absolute Gasteiger partial charge is 0.508 e. The molecule has 1 aliphatic carbocycles. The van der Waals surface area contributed by atoms with Crippen LogP contribution in [0.25, 0.3) is 0 Å². The van der Waals surface area contributed by atoms with Gasteiger partial charge in [0.15, 0.2) is 0 Å². The van der Waals surface area contributed by atoms with Crippen LogP contribution < -0.4 is 4.74 Å². The van der Waals surface area contributed by atoms with Gasteiger partial charge in [-0.25, -0.2) is 0 Å². The molecule has 0 radical (unpaired) electrons. The van der Waals surface area contributed by atoms with Crippen molar-refractivity contribution in [1.82, 2.24) is 9.80 Å². The van der Waals surface area contributed by atoms with Crippen molar-refractivity contribution in [2.75, 3.05) is 26.2 Å². The number of aromatic hydroxyl groups is 1. The van der Waals surface area contributed by atoms with Gasteiger partial charge in [-0.1, -0.05) is 43.3 Å². The number of ether oxygens (including phenoxy) is 1. The smallest absolute Gasteiger partial charge is 0.255 e. The summed E-state index contributed by atoms with van der Waals surface area (Å²) in [5.74, 6) is 1.82. The summed E-state index contributed by atoms with van der Waals surface area (Å²) in [7, 11) is 0. The molecule has 186 valence electrons. The van der Waals surface area contributed by atoms with E-state index in [-0.39, 0.29) is 23.2 Å². The van der Waals surface area contributed by atoms with E-state index in [4.69, 9.17) is 4.74 Å². The Morgan fingerprint density at radius 2 is 1.78 bits per heavy atom. The van der Waals surface area contributed by atoms with E-state index in [1.165, 1.54) is 13.0 Å². The van der Waals surface area contributed by atoms with Crippen LogP contribution in [-0.2, 0) is 6.42 Å². The summed E-state index contributed by atoms with van der Waals surface area (Å²) in [5.41, 5.74) is 3.82. The van der Waals surface area contributed by atoms with E-state index in [2.05, 4.69) is 28.9 Å². The van der Waals surface area contributed by atoms with Crippen LogP contribution in [0.5, 0.6) is 11.5 Å². The van der Waals surface area contributed by atoms with Gasteiger partial charge < -0.3 is 19.6 Å². The van der Waals surface area contributed by atoms with Crippen LogP contribution in [-0.4, -0.2) is 52.6 Å². The molecule has 1 unspecified atom stereocenters. The molecule has 0 bridgehead atoms. The SMILES string of the molecule is CCCN1CC(COc2ccc(C3c4ccc(O)cc4CC4(CC4)N3C(=O)c3ccccc3)cc2)C1. The van der Waals surface area contributed by atoms with E-state index < -0.39 is 0 Å². The normalized spacial score (nSPS) is 20.6. The number of nitrogens with zero attached hydrogens (tertiary/aromatic N) is 2. The van der Waals surface area contributed by atoms with Gasteiger partial charge in [-0.15, -0.1) is 0 Å². The van der Waals surface area contributed by atoms with Crippen LogP contribution >= 0.6 is 0 Å². The summed E-state index contributed by atoms with van der Waals surface area (Å²) in [6.45, 7) is 6.38. The zero-order chi connectivity index (χ0) is 24.7. The van der Waals surface area contributed by atoms with E-state index in [0.717, 1.165) is 61.4 Å². The van der Waals surface area contributed by atoms with Crippen LogP contribution in [0.1, 0.15) is 59.3 Å². The monoisotopic (exact) mass is 482 g/mol. The molecular weight excluding hydrogens is 448 g/mol. The highest BCUT2D eigenvalue weighted by Crippen LogP contribution is 2.55. The zero-order valence-corrected chi connectivity index (χ0v) is 20.9. The molecule has 6 rings (SSSR count). The van der Waals surface area contributed by atoms with Gasteiger partial charge in [-0.2, -0.15) is 0 Å². The van der Waals surface area contributed by atoms with E-state index in [1.807, 2.05) is 54.6 Å². The van der Waals surface area contributed by atoms with Crippen LogP contribution in [0.15, 0.2) is 72.8 Å². The summed E-state index contributed by atoms with van der Waals surface area (Å²) < 4.78 is 6.12. The van der Waals surface area contributed by atoms with Crippen molar-refractivity contribution in [3.8, 4) is 11.5 Å². The third kappa shape index (κ3) is 4.26. The quantitative estimate of drug-likeness (QED) is 0.488. The third-order valence-corrected chi connectivity index (χ3v) is 8.03. The average molecular weight is 483 g/mol. The number of rotatable bonds is 7. The summed E-state index contributed by atoms with van der Waals surface area (Å²) in [6, 6.07) is 23.3. The Bertz CT molecular complexity index is 1230. The number of phenolic OH excluding ortho intramolecular Hbond substituents is 1. The molecule has 36 heavy (non-hydrogen) atoms. The molecule has 1 saturated heterocycles. The standard InChI is InChI=1S/C31H34N2O3/c1-2-16-32-19-22(20-32)21-36-27-11-8-23(9-12-27)29-28-13-10-26(34)17-25(28)18-31(14-15-31)33(29)30(35)24-6-4-3-5-7-24/h3-13,17,22,29,34H,2,14-16,18-21H2,1H3. The van der Waals surface area contributed by atoms with Gasteiger partial charge in [0.05, 0.1) is 12.6 Å². The number of likely N-dealkylation sites (tertiary alicyclic amines) is 1. The number of carbonyl (C=O) groups excluding carboxylic acids is 1. The van der Waals surface area contributed by atoms with Gasteiger partial charge in [-0.3, -0.25) is 4.79 Å². The molecule has 1 amide bonds. The summed E-state index contributed by atoms with van der Waals surface area (Å²) >= 11 is 0. The van der Waals surface area contributed by atoms with Crippen molar-refractivity contribution in [2.45, 2.75) is 44.2 Å². The zero-order valence-electron chi connectivity index (χ0n) is 20.9. The van der Waals surface area contributed by atoms with Gasteiger partial charge in [0.25, 0.3) is 5.91 Å². The second kappa shape index (κ2) is 9.29. The number of hydrogen-bond donors (Lipinski definition) is 1. The lowest BCUT2D eigenvalue weighted by Gasteiger charge is -2.44. The Labute approximate surface area is 213 Å². The van der Waals surface area contributed by atoms with Crippen LogP contribution in [0.4, 0.5) is 0 Å². The maximum atomic E-state index is 13.9. The molecule has 1 N–H and O–H groups in total. The van der Waals surface area contributed by atoms with Crippen molar-refractivity contribution in [2.24, 2.45) is 5.92 Å². The molecule has 0 aromatic heterocycles. The number of hydrogen-bond acceptors (Lipinski definition) is 4. The first-order valence-corrected chi connectivity index (χ1v) is 13.2. The number of amides is 1. The Morgan fingerprint density at radius 3 is 2.47 bits per heavy atom. The van der Waals surface area contributed by atoms with Crippen LogP contribution in [0.2, 0.25) is 0 Å². The minimum atomic E-state index is -0.201. The molecule has 1 atom stereocenters. The first kappa shape index (κ1) is 23.1. The fourth-order valence-corrected chi connectivity index (χ4v) is 6.05. The molecule has 1 spiro atoms. The predicted octanol–water partition coefficient (Wildman–Crippen LogP) is 5.43. The molecule has 1 saturated carbocycles. The second-order valence-electron chi connectivity index (χ2n) is 10.7. The van der Waals surface area contributed by atoms with Gasteiger partial charge in [0.1, 0.15) is 11.5 Å². The topological polar surface area (TPSA) is 53.0 Å². The number of phenols is 1. The highest BCUT2D eigenvalue weighted by atomic mass is 16.5. The number of fused-ring (bicyclic) bond motifs is 1. The molecule has 5 nitrogen and oxygen atoms in total. The minimum absolute atomic E-state index is 0.0683. The van der Waals surface area contributed by atoms with E-state index in [9.17, 15) is 9.90 Å². The van der Waals surface area contributed by atoms with Gasteiger partial charge in [0.2, 0.25) is 0 Å². The Morgan fingerprint density at radius 1 is 1.03 bits per heavy atom. The van der Waals surface area contributed by atoms with E-state index >= 15 is 0 Å². The maximum Gasteiger partial charge on any atom is 0.255 e. The van der Waals surface area contributed by atoms with E-state index in [1.54, 1.807) is 6.07 Å². The molecule has 3 aliphatic rings.